The molecule has 4 heteroatoms. The van der Waals surface area contributed by atoms with Gasteiger partial charge in [-0.1, -0.05) is 50.1 Å². The average molecular weight is 458 g/mol. The second-order valence-corrected chi connectivity index (χ2v) is 7.95. The molecule has 0 fully saturated rings. The van der Waals surface area contributed by atoms with Crippen molar-refractivity contribution >= 4 is 59.4 Å². The zero-order valence-corrected chi connectivity index (χ0v) is 16.8. The Hall–Kier alpha value is -1.78. The number of hydrogen-bond donors (Lipinski definition) is 1. The molecule has 0 radical (unpaired) electrons. The van der Waals surface area contributed by atoms with Crippen molar-refractivity contribution in [1.29, 1.82) is 0 Å². The number of nitrogens with zero attached hydrogens (tertiary/aromatic N) is 1. The SMILES string of the molecule is Brc1ccc2c(c1)c1cc(Br)ccc1n2CCCNc1ccccc1. The highest BCUT2D eigenvalue weighted by molar-refractivity contribution is 9.10. The van der Waals surface area contributed by atoms with Crippen LogP contribution in [0, 0.1) is 0 Å². The van der Waals surface area contributed by atoms with Gasteiger partial charge < -0.3 is 9.88 Å². The molecule has 0 atom stereocenters. The van der Waals surface area contributed by atoms with Crippen LogP contribution in [0.2, 0.25) is 0 Å². The van der Waals surface area contributed by atoms with Crippen LogP contribution in [0.4, 0.5) is 5.69 Å². The van der Waals surface area contributed by atoms with Crippen molar-refractivity contribution < 1.29 is 0 Å². The summed E-state index contributed by atoms with van der Waals surface area (Å²) in [6.07, 6.45) is 1.07. The normalized spacial score (nSPS) is 11.3. The molecule has 0 amide bonds. The second-order valence-electron chi connectivity index (χ2n) is 6.12. The smallest absolute Gasteiger partial charge is 0.0492 e. The molecule has 0 saturated heterocycles. The van der Waals surface area contributed by atoms with Crippen LogP contribution < -0.4 is 5.32 Å². The molecule has 0 aliphatic carbocycles. The molecular weight excluding hydrogens is 440 g/mol. The number of aryl methyl sites for hydroxylation is 1. The zero-order chi connectivity index (χ0) is 17.2. The minimum Gasteiger partial charge on any atom is -0.385 e. The molecule has 0 unspecified atom stereocenters. The molecule has 3 aromatic carbocycles. The summed E-state index contributed by atoms with van der Waals surface area (Å²) in [5, 5.41) is 6.08. The summed E-state index contributed by atoms with van der Waals surface area (Å²) in [7, 11) is 0. The summed E-state index contributed by atoms with van der Waals surface area (Å²) in [5.41, 5.74) is 3.75. The molecule has 1 heterocycles. The van der Waals surface area contributed by atoms with Gasteiger partial charge in [-0.25, -0.2) is 0 Å². The lowest BCUT2D eigenvalue weighted by atomic mass is 10.2. The van der Waals surface area contributed by atoms with E-state index in [4.69, 9.17) is 0 Å². The Morgan fingerprint density at radius 2 is 1.36 bits per heavy atom. The van der Waals surface area contributed by atoms with Crippen molar-refractivity contribution in [1.82, 2.24) is 4.57 Å². The van der Waals surface area contributed by atoms with E-state index in [-0.39, 0.29) is 0 Å². The van der Waals surface area contributed by atoms with Crippen molar-refractivity contribution in [3.05, 3.63) is 75.7 Å². The predicted octanol–water partition coefficient (Wildman–Crippen LogP) is 6.82. The number of fused-ring (bicyclic) bond motifs is 3. The van der Waals surface area contributed by atoms with Crippen LogP contribution in [0.1, 0.15) is 6.42 Å². The van der Waals surface area contributed by atoms with Crippen LogP contribution in [0.5, 0.6) is 0 Å². The lowest BCUT2D eigenvalue weighted by molar-refractivity contribution is 0.701. The largest absolute Gasteiger partial charge is 0.385 e. The minimum atomic E-state index is 0.957. The lowest BCUT2D eigenvalue weighted by Crippen LogP contribution is -2.06. The first-order chi connectivity index (χ1) is 12.2. The third-order valence-corrected chi connectivity index (χ3v) is 5.44. The van der Waals surface area contributed by atoms with Crippen molar-refractivity contribution in [2.75, 3.05) is 11.9 Å². The number of para-hydroxylation sites is 1. The summed E-state index contributed by atoms with van der Waals surface area (Å²) in [6, 6.07) is 23.5. The zero-order valence-electron chi connectivity index (χ0n) is 13.7. The molecule has 4 aromatic rings. The lowest BCUT2D eigenvalue weighted by Gasteiger charge is -2.09. The maximum atomic E-state index is 3.60. The Kier molecular flexibility index (Phi) is 4.82. The Morgan fingerprint density at radius 3 is 1.96 bits per heavy atom. The molecule has 0 bridgehead atoms. The molecule has 126 valence electrons. The fourth-order valence-corrected chi connectivity index (χ4v) is 4.04. The van der Waals surface area contributed by atoms with Crippen LogP contribution in [-0.4, -0.2) is 11.1 Å². The van der Waals surface area contributed by atoms with Gasteiger partial charge in [-0.05, 0) is 55.0 Å². The Labute approximate surface area is 164 Å². The maximum Gasteiger partial charge on any atom is 0.0492 e. The molecule has 2 nitrogen and oxygen atoms in total. The monoisotopic (exact) mass is 456 g/mol. The maximum absolute atomic E-state index is 3.60. The first-order valence-corrected chi connectivity index (χ1v) is 9.97. The quantitative estimate of drug-likeness (QED) is 0.325. The van der Waals surface area contributed by atoms with Crippen molar-refractivity contribution in [3.63, 3.8) is 0 Å². The minimum absolute atomic E-state index is 0.957. The Morgan fingerprint density at radius 1 is 0.760 bits per heavy atom. The average Bonchev–Trinajstić information content (AvgIpc) is 2.92. The van der Waals surface area contributed by atoms with Crippen LogP contribution in [-0.2, 0) is 6.54 Å². The van der Waals surface area contributed by atoms with E-state index < -0.39 is 0 Å². The fraction of sp³-hybridized carbons (Fsp3) is 0.143. The summed E-state index contributed by atoms with van der Waals surface area (Å²) in [4.78, 5) is 0. The fourth-order valence-electron chi connectivity index (χ4n) is 3.32. The highest BCUT2D eigenvalue weighted by Gasteiger charge is 2.11. The summed E-state index contributed by atoms with van der Waals surface area (Å²) >= 11 is 7.21. The van der Waals surface area contributed by atoms with Crippen molar-refractivity contribution in [2.45, 2.75) is 13.0 Å². The van der Waals surface area contributed by atoms with E-state index in [1.54, 1.807) is 0 Å². The molecule has 0 spiro atoms. The number of rotatable bonds is 5. The standard InChI is InChI=1S/C21H18Br2N2/c22-15-7-9-20-18(13-15)19-14-16(23)8-10-21(19)25(20)12-4-11-24-17-5-2-1-3-6-17/h1-3,5-10,13-14,24H,4,11-12H2. The summed E-state index contributed by atoms with van der Waals surface area (Å²) < 4.78 is 4.66. The Bertz CT molecular complexity index is 963. The summed E-state index contributed by atoms with van der Waals surface area (Å²) in [6.45, 7) is 1.95. The van der Waals surface area contributed by atoms with Crippen LogP contribution >= 0.6 is 31.9 Å². The first-order valence-electron chi connectivity index (χ1n) is 8.38. The van der Waals surface area contributed by atoms with Crippen molar-refractivity contribution in [3.8, 4) is 0 Å². The number of nitrogens with one attached hydrogen (secondary N) is 1. The molecular formula is C21H18Br2N2. The second kappa shape index (κ2) is 7.22. The highest BCUT2D eigenvalue weighted by atomic mass is 79.9. The molecule has 0 aliphatic heterocycles. The Balaban J connectivity index is 1.61. The number of halogens is 2. The van der Waals surface area contributed by atoms with Gasteiger partial charge in [0, 0.05) is 49.5 Å². The molecule has 25 heavy (non-hydrogen) atoms. The van der Waals surface area contributed by atoms with E-state index in [1.165, 1.54) is 27.5 Å². The van der Waals surface area contributed by atoms with Gasteiger partial charge in [0.05, 0.1) is 0 Å². The van der Waals surface area contributed by atoms with E-state index >= 15 is 0 Å². The van der Waals surface area contributed by atoms with E-state index in [1.807, 2.05) is 6.07 Å². The van der Waals surface area contributed by atoms with Gasteiger partial charge >= 0.3 is 0 Å². The predicted molar refractivity (Wildman–Crippen MR) is 114 cm³/mol. The van der Waals surface area contributed by atoms with Crippen LogP contribution in [0.25, 0.3) is 21.8 Å². The molecule has 1 N–H and O–H groups in total. The third kappa shape index (κ3) is 3.46. The van der Waals surface area contributed by atoms with Gasteiger partial charge in [-0.15, -0.1) is 0 Å². The van der Waals surface area contributed by atoms with Gasteiger partial charge in [0.15, 0.2) is 0 Å². The molecule has 4 rings (SSSR count). The number of aromatic nitrogens is 1. The van der Waals surface area contributed by atoms with E-state index in [0.29, 0.717) is 0 Å². The van der Waals surface area contributed by atoms with Crippen LogP contribution in [0.3, 0.4) is 0 Å². The van der Waals surface area contributed by atoms with Gasteiger partial charge in [-0.2, -0.15) is 0 Å². The molecule has 0 aliphatic rings. The van der Waals surface area contributed by atoms with E-state index in [2.05, 4.69) is 102 Å². The van der Waals surface area contributed by atoms with E-state index in [0.717, 1.165) is 28.5 Å². The highest BCUT2D eigenvalue weighted by Crippen LogP contribution is 2.33. The topological polar surface area (TPSA) is 17.0 Å². The van der Waals surface area contributed by atoms with Gasteiger partial charge in [0.25, 0.3) is 0 Å². The van der Waals surface area contributed by atoms with Crippen molar-refractivity contribution in [2.24, 2.45) is 0 Å². The third-order valence-electron chi connectivity index (χ3n) is 4.45. The number of benzene rings is 3. The first kappa shape index (κ1) is 16.7. The summed E-state index contributed by atoms with van der Waals surface area (Å²) in [5.74, 6) is 0. The number of anilines is 1. The van der Waals surface area contributed by atoms with E-state index in [9.17, 15) is 0 Å². The number of hydrogen-bond acceptors (Lipinski definition) is 1. The molecule has 0 saturated carbocycles. The van der Waals surface area contributed by atoms with Gasteiger partial charge in [0.1, 0.15) is 0 Å². The van der Waals surface area contributed by atoms with Gasteiger partial charge in [0.2, 0.25) is 0 Å². The molecule has 1 aromatic heterocycles. The van der Waals surface area contributed by atoms with Gasteiger partial charge in [-0.3, -0.25) is 0 Å². The van der Waals surface area contributed by atoms with Crippen LogP contribution in [0.15, 0.2) is 75.7 Å².